The summed E-state index contributed by atoms with van der Waals surface area (Å²) in [5.41, 5.74) is 1.37. The zero-order valence-corrected chi connectivity index (χ0v) is 39.9. The molecule has 5 amide bonds. The van der Waals surface area contributed by atoms with Crippen LogP contribution in [0.5, 0.6) is 5.75 Å². The molecule has 0 saturated carbocycles. The first-order valence-electron chi connectivity index (χ1n) is 22.7. The van der Waals surface area contributed by atoms with E-state index in [1.807, 2.05) is 25.1 Å². The van der Waals surface area contributed by atoms with Gasteiger partial charge in [-0.15, -0.1) is 11.8 Å². The van der Waals surface area contributed by atoms with E-state index in [0.29, 0.717) is 35.1 Å². The van der Waals surface area contributed by atoms with Crippen molar-refractivity contribution in [3.63, 3.8) is 0 Å². The molecule has 3 aliphatic rings. The van der Waals surface area contributed by atoms with E-state index in [1.54, 1.807) is 26.8 Å². The van der Waals surface area contributed by atoms with E-state index in [4.69, 9.17) is 9.15 Å². The summed E-state index contributed by atoms with van der Waals surface area (Å²) in [5.74, 6) is -2.45. The van der Waals surface area contributed by atoms with Crippen LogP contribution < -0.4 is 21.4 Å². The van der Waals surface area contributed by atoms with Crippen LogP contribution in [0.2, 0.25) is 0 Å². The van der Waals surface area contributed by atoms with Gasteiger partial charge in [0, 0.05) is 59.6 Å². The van der Waals surface area contributed by atoms with E-state index in [0.717, 1.165) is 24.2 Å². The molecule has 4 atom stereocenters. The number of hydrogen-bond acceptors (Lipinski definition) is 11. The zero-order valence-electron chi connectivity index (χ0n) is 39.1. The van der Waals surface area contributed by atoms with E-state index in [9.17, 15) is 43.8 Å². The predicted octanol–water partition coefficient (Wildman–Crippen LogP) is 7.04. The Morgan fingerprint density at radius 2 is 1.63 bits per heavy atom. The molecule has 1 fully saturated rings. The van der Waals surface area contributed by atoms with Gasteiger partial charge >= 0.3 is 12.1 Å². The van der Waals surface area contributed by atoms with Crippen LogP contribution in [-0.4, -0.2) is 111 Å². The van der Waals surface area contributed by atoms with Crippen molar-refractivity contribution in [1.82, 2.24) is 25.8 Å². The fourth-order valence-electron chi connectivity index (χ4n) is 7.97. The summed E-state index contributed by atoms with van der Waals surface area (Å²) in [6.07, 6.45) is 2.63. The molecule has 1 saturated heterocycles. The first-order valence-corrected chi connectivity index (χ1v) is 23.8. The second-order valence-corrected chi connectivity index (χ2v) is 19.1. The van der Waals surface area contributed by atoms with Crippen LogP contribution in [0.4, 0.5) is 4.79 Å². The molecular formula is C51H59N5O11S. The Labute approximate surface area is 399 Å². The number of thioether (sulfide) groups is 1. The van der Waals surface area contributed by atoms with Gasteiger partial charge in [-0.25, -0.2) is 9.59 Å². The van der Waals surface area contributed by atoms with Crippen LogP contribution in [0.1, 0.15) is 93.0 Å². The van der Waals surface area contributed by atoms with Gasteiger partial charge in [0.25, 0.3) is 5.91 Å². The van der Waals surface area contributed by atoms with Crippen molar-refractivity contribution < 1.29 is 48.1 Å². The van der Waals surface area contributed by atoms with Crippen molar-refractivity contribution >= 4 is 58.4 Å². The van der Waals surface area contributed by atoms with Crippen LogP contribution in [-0.2, 0) is 25.5 Å². The number of carbonyl (C=O) groups is 6. The Morgan fingerprint density at radius 3 is 2.35 bits per heavy atom. The van der Waals surface area contributed by atoms with Crippen LogP contribution in [0, 0.1) is 0 Å². The summed E-state index contributed by atoms with van der Waals surface area (Å²) in [5, 5.41) is 29.7. The van der Waals surface area contributed by atoms with E-state index in [2.05, 4.69) is 28.1 Å². The van der Waals surface area contributed by atoms with E-state index in [-0.39, 0.29) is 70.0 Å². The van der Waals surface area contributed by atoms with Gasteiger partial charge in [0.1, 0.15) is 40.8 Å². The molecule has 0 bridgehead atoms. The van der Waals surface area contributed by atoms with Gasteiger partial charge in [0.05, 0.1) is 11.4 Å². The van der Waals surface area contributed by atoms with Gasteiger partial charge in [-0.05, 0) is 121 Å². The Hall–Kier alpha value is -6.88. The second kappa shape index (κ2) is 22.3. The largest absolute Gasteiger partial charge is 0.508 e. The molecule has 3 aromatic rings. The average Bonchev–Trinajstić information content (AvgIpc) is 3.79. The highest BCUT2D eigenvalue weighted by atomic mass is 32.2. The van der Waals surface area contributed by atoms with Crippen LogP contribution in [0.25, 0.3) is 33.4 Å². The van der Waals surface area contributed by atoms with Gasteiger partial charge in [-0.2, -0.15) is 0 Å². The number of likely N-dealkylation sites (N-methyl/N-ethyl adjacent to an activating group) is 1. The van der Waals surface area contributed by atoms with Crippen molar-refractivity contribution in [2.24, 2.45) is 0 Å². The third-order valence-corrected chi connectivity index (χ3v) is 12.7. The third kappa shape index (κ3) is 12.8. The van der Waals surface area contributed by atoms with Gasteiger partial charge in [-0.1, -0.05) is 36.4 Å². The Kier molecular flexibility index (Phi) is 16.6. The van der Waals surface area contributed by atoms with Crippen molar-refractivity contribution in [2.75, 3.05) is 25.2 Å². The Morgan fingerprint density at radius 1 is 0.897 bits per heavy atom. The predicted molar refractivity (Wildman–Crippen MR) is 260 cm³/mol. The van der Waals surface area contributed by atoms with Crippen LogP contribution in [0.3, 0.4) is 0 Å². The second-order valence-electron chi connectivity index (χ2n) is 18.1. The summed E-state index contributed by atoms with van der Waals surface area (Å²) in [4.78, 5) is 95.6. The van der Waals surface area contributed by atoms with Crippen LogP contribution >= 0.6 is 11.8 Å². The van der Waals surface area contributed by atoms with Crippen LogP contribution in [0.15, 0.2) is 94.1 Å². The molecule has 2 heterocycles. The number of carboxylic acid groups (broad SMARTS) is 1. The number of benzene rings is 4. The molecule has 68 heavy (non-hydrogen) atoms. The van der Waals surface area contributed by atoms with Crippen molar-refractivity contribution in [1.29, 1.82) is 0 Å². The highest BCUT2D eigenvalue weighted by molar-refractivity contribution is 7.99. The molecule has 6 rings (SSSR count). The molecule has 1 aliphatic carbocycles. The number of unbranched alkanes of at least 4 members (excludes halogenated alkanes) is 1. The number of aromatic carboxylic acids is 1. The molecule has 360 valence electrons. The number of phenols is 1. The monoisotopic (exact) mass is 949 g/mol. The minimum atomic E-state index is -1.30. The molecule has 0 unspecified atom stereocenters. The van der Waals surface area contributed by atoms with Gasteiger partial charge < -0.3 is 40.2 Å². The summed E-state index contributed by atoms with van der Waals surface area (Å²) >= 11 is 1.44. The number of nitrogens with one attached hydrogen (secondary N) is 3. The fraction of sp³-hybridized carbons (Fsp3) is 0.392. The number of aromatic hydroxyl groups is 1. The number of carboxylic acids is 1. The summed E-state index contributed by atoms with van der Waals surface area (Å²) < 4.78 is 11.4. The number of rotatable bonds is 18. The number of ether oxygens (including phenoxy) is 1. The lowest BCUT2D eigenvalue weighted by Gasteiger charge is -2.31. The third-order valence-electron chi connectivity index (χ3n) is 11.7. The van der Waals surface area contributed by atoms with Crippen molar-refractivity contribution in [3.8, 4) is 28.2 Å². The lowest BCUT2D eigenvalue weighted by Crippen LogP contribution is -2.57. The summed E-state index contributed by atoms with van der Waals surface area (Å²) in [6.45, 7) is 8.73. The normalized spacial score (nSPS) is 15.0. The molecule has 2 aliphatic heterocycles. The van der Waals surface area contributed by atoms with Gasteiger partial charge in [-0.3, -0.25) is 28.9 Å². The van der Waals surface area contributed by atoms with E-state index in [1.165, 1.54) is 84.7 Å². The highest BCUT2D eigenvalue weighted by Crippen LogP contribution is 2.42. The molecular weight excluding hydrogens is 891 g/mol. The number of nitrogens with zero attached hydrogens (tertiary/aromatic N) is 2. The quantitative estimate of drug-likeness (QED) is 0.0441. The van der Waals surface area contributed by atoms with Gasteiger partial charge in [0.2, 0.25) is 17.7 Å². The first-order chi connectivity index (χ1) is 32.3. The topological polar surface area (TPSA) is 225 Å². The molecule has 16 nitrogen and oxygen atoms in total. The summed E-state index contributed by atoms with van der Waals surface area (Å²) in [6, 6.07) is 19.9. The minimum absolute atomic E-state index is 0.0737. The molecule has 17 heteroatoms. The number of fused-ring (bicyclic) bond motifs is 2. The van der Waals surface area contributed by atoms with E-state index < -0.39 is 53.5 Å². The molecule has 0 radical (unpaired) electrons. The van der Waals surface area contributed by atoms with Gasteiger partial charge in [0.15, 0.2) is 5.43 Å². The van der Waals surface area contributed by atoms with Crippen molar-refractivity contribution in [2.45, 2.75) is 103 Å². The minimum Gasteiger partial charge on any atom is -0.508 e. The number of aryl methyl sites for hydroxylation is 1. The Balaban J connectivity index is 1.12. The molecule has 0 spiro atoms. The molecule has 5 N–H and O–H groups in total. The highest BCUT2D eigenvalue weighted by Gasteiger charge is 2.39. The first kappa shape index (κ1) is 50.5. The fourth-order valence-corrected chi connectivity index (χ4v) is 9.13. The maximum atomic E-state index is 14.3. The lowest BCUT2D eigenvalue weighted by atomic mass is 9.90. The number of amides is 5. The Bertz CT molecular complexity index is 2680. The number of hydrogen-bond donors (Lipinski definition) is 5. The SMILES string of the molecule is C[C@@H](CCCc1ccccc1)NC(=O)[C@@H]1CSCN1C(=O)[C@H](CCCCNC(=O)c1ccc(-c2c3ccc(=O)cc-3oc3cc(O)ccc23)c(C(=O)O)c1)NC(=O)[C@H](C)N(C)C(=O)OC(C)(C)C. The summed E-state index contributed by atoms with van der Waals surface area (Å²) in [7, 11) is 1.43. The number of phenolic OH excluding ortho intramolecular Hbond substituents is 1. The maximum Gasteiger partial charge on any atom is 0.410 e. The van der Waals surface area contributed by atoms with E-state index >= 15 is 0 Å². The maximum absolute atomic E-state index is 14.3. The molecule has 0 aromatic heterocycles. The zero-order chi connectivity index (χ0) is 49.3. The standard InChI is InChI=1S/C51H59N5O11S/c1-30(13-12-16-32-14-8-7-9-15-32)53-47(61)41-28-68-29-56(41)48(62)40(54-45(59)31(2)55(6)50(65)67-51(3,4)5)17-10-11-24-52-46(60)33-18-21-36(39(25-33)49(63)64)44-37-22-19-34(57)26-42(37)66-43-27-35(58)20-23-38(43)44/h7-9,14-15,18-23,25-27,30-31,40-41,57H,10-13,16-17,24,28-29H2,1-6H3,(H,52,60)(H,53,61)(H,54,59)(H,63,64)/t30-,31-,40-,41-/m0/s1. The lowest BCUT2D eigenvalue weighted by molar-refractivity contribution is -0.141. The van der Waals surface area contributed by atoms with Crippen molar-refractivity contribution in [3.05, 3.63) is 112 Å². The number of carbonyl (C=O) groups excluding carboxylic acids is 5. The average molecular weight is 950 g/mol. The molecule has 3 aromatic carbocycles. The smallest absolute Gasteiger partial charge is 0.410 e.